The van der Waals surface area contributed by atoms with Crippen molar-refractivity contribution in [3.05, 3.63) is 77.4 Å². The predicted molar refractivity (Wildman–Crippen MR) is 75.2 cm³/mol. The molecule has 2 aliphatic rings. The fourth-order valence-corrected chi connectivity index (χ4v) is 4.25. The number of hydrogen-bond donors (Lipinski definition) is 0. The molecule has 0 nitrogen and oxygen atoms in total. The van der Waals surface area contributed by atoms with Crippen molar-refractivity contribution in [3.8, 4) is 11.1 Å². The minimum atomic E-state index is 0.483. The van der Waals surface area contributed by atoms with Gasteiger partial charge in [-0.2, -0.15) is 0 Å². The predicted octanol–water partition coefficient (Wildman–Crippen LogP) is 3.86. The molecule has 0 radical (unpaired) electrons. The summed E-state index contributed by atoms with van der Waals surface area (Å²) in [6.07, 6.45) is 7.87. The first kappa shape index (κ1) is 11.6. The SMILES string of the molecule is [Zr][c]1cccc2c1C(C1=CC=CC1)c1ccccc1-2. The van der Waals surface area contributed by atoms with Crippen LogP contribution in [0.1, 0.15) is 23.5 Å². The Balaban J connectivity index is 2.01. The van der Waals surface area contributed by atoms with E-state index in [1.165, 1.54) is 44.7 Å². The van der Waals surface area contributed by atoms with Gasteiger partial charge in [0.1, 0.15) is 0 Å². The van der Waals surface area contributed by atoms with E-state index in [0.29, 0.717) is 5.92 Å². The summed E-state index contributed by atoms with van der Waals surface area (Å²) in [5.74, 6) is 0.483. The van der Waals surface area contributed by atoms with Crippen LogP contribution in [0.4, 0.5) is 0 Å². The monoisotopic (exact) mass is 319 g/mol. The van der Waals surface area contributed by atoms with Crippen LogP contribution in [0.5, 0.6) is 0 Å². The van der Waals surface area contributed by atoms with E-state index in [1.807, 2.05) is 0 Å². The van der Waals surface area contributed by atoms with Crippen molar-refractivity contribution >= 4 is 3.27 Å². The molecule has 1 heteroatoms. The Kier molecular flexibility index (Phi) is 2.70. The molecule has 0 spiro atoms. The Labute approximate surface area is 128 Å². The quantitative estimate of drug-likeness (QED) is 0.748. The summed E-state index contributed by atoms with van der Waals surface area (Å²) in [5.41, 5.74) is 7.46. The van der Waals surface area contributed by atoms with Gasteiger partial charge in [-0.3, -0.25) is 0 Å². The molecular weight excluding hydrogens is 307 g/mol. The van der Waals surface area contributed by atoms with Gasteiger partial charge in [0.2, 0.25) is 0 Å². The molecule has 1 atom stereocenters. The molecule has 1 unspecified atom stereocenters. The zero-order valence-corrected chi connectivity index (χ0v) is 13.0. The van der Waals surface area contributed by atoms with Crippen LogP contribution in [0.3, 0.4) is 0 Å². The number of benzene rings is 2. The molecule has 0 fully saturated rings. The maximum absolute atomic E-state index is 2.30. The minimum absolute atomic E-state index is 0.483. The normalized spacial score (nSPS) is 19.1. The van der Waals surface area contributed by atoms with Gasteiger partial charge in [-0.15, -0.1) is 0 Å². The summed E-state index contributed by atoms with van der Waals surface area (Å²) in [6.45, 7) is 0. The van der Waals surface area contributed by atoms with E-state index in [9.17, 15) is 0 Å². The average Bonchev–Trinajstić information content (AvgIpc) is 3.04. The summed E-state index contributed by atoms with van der Waals surface area (Å²) < 4.78 is 1.50. The molecule has 0 N–H and O–H groups in total. The van der Waals surface area contributed by atoms with Crippen molar-refractivity contribution in [1.29, 1.82) is 0 Å². The van der Waals surface area contributed by atoms with Crippen LogP contribution in [0.2, 0.25) is 0 Å². The summed E-state index contributed by atoms with van der Waals surface area (Å²) in [6, 6.07) is 15.7. The summed E-state index contributed by atoms with van der Waals surface area (Å²) in [7, 11) is 0. The van der Waals surface area contributed by atoms with Gasteiger partial charge in [0.15, 0.2) is 0 Å². The van der Waals surface area contributed by atoms with Gasteiger partial charge in [0.25, 0.3) is 0 Å². The Morgan fingerprint density at radius 1 is 0.947 bits per heavy atom. The van der Waals surface area contributed by atoms with Crippen LogP contribution in [0.25, 0.3) is 11.1 Å². The third kappa shape index (κ3) is 1.68. The summed E-state index contributed by atoms with van der Waals surface area (Å²) in [5, 5.41) is 0. The third-order valence-corrected chi connectivity index (χ3v) is 5.20. The molecule has 0 heterocycles. The van der Waals surface area contributed by atoms with E-state index < -0.39 is 0 Å². The number of rotatable bonds is 1. The van der Waals surface area contributed by atoms with Gasteiger partial charge in [-0.05, 0) is 0 Å². The molecule has 2 aromatic carbocycles. The molecule has 89 valence electrons. The first-order chi connectivity index (χ1) is 9.36. The Hall–Kier alpha value is -1.20. The zero-order chi connectivity index (χ0) is 12.8. The van der Waals surface area contributed by atoms with E-state index in [1.54, 1.807) is 11.1 Å². The number of fused-ring (bicyclic) bond motifs is 3. The van der Waals surface area contributed by atoms with Gasteiger partial charge in [-0.1, -0.05) is 0 Å². The Morgan fingerprint density at radius 3 is 2.63 bits per heavy atom. The van der Waals surface area contributed by atoms with Crippen molar-refractivity contribution in [2.45, 2.75) is 12.3 Å². The second-order valence-corrected chi connectivity index (χ2v) is 6.49. The van der Waals surface area contributed by atoms with Gasteiger partial charge in [0.05, 0.1) is 0 Å². The first-order valence-electron chi connectivity index (χ1n) is 6.65. The van der Waals surface area contributed by atoms with Crippen LogP contribution in [-0.4, -0.2) is 0 Å². The first-order valence-corrected chi connectivity index (χ1v) is 7.88. The van der Waals surface area contributed by atoms with Crippen molar-refractivity contribution in [1.82, 2.24) is 0 Å². The van der Waals surface area contributed by atoms with Gasteiger partial charge in [0, 0.05) is 0 Å². The van der Waals surface area contributed by atoms with Crippen LogP contribution in [-0.2, 0) is 24.7 Å². The van der Waals surface area contributed by atoms with Gasteiger partial charge < -0.3 is 0 Å². The zero-order valence-electron chi connectivity index (χ0n) is 10.6. The average molecular weight is 321 g/mol. The van der Waals surface area contributed by atoms with Crippen molar-refractivity contribution in [2.24, 2.45) is 0 Å². The molecule has 0 amide bonds. The molecule has 0 bridgehead atoms. The third-order valence-electron chi connectivity index (χ3n) is 4.13. The molecule has 0 saturated heterocycles. The Bertz CT molecular complexity index is 722. The van der Waals surface area contributed by atoms with Crippen molar-refractivity contribution < 1.29 is 24.7 Å². The van der Waals surface area contributed by atoms with E-state index in [0.717, 1.165) is 6.42 Å². The summed E-state index contributed by atoms with van der Waals surface area (Å²) >= 11 is 1.51. The van der Waals surface area contributed by atoms with E-state index in [4.69, 9.17) is 0 Å². The topological polar surface area (TPSA) is 0 Å². The molecule has 0 aromatic heterocycles. The molecule has 19 heavy (non-hydrogen) atoms. The van der Waals surface area contributed by atoms with Crippen molar-refractivity contribution in [2.75, 3.05) is 0 Å². The van der Waals surface area contributed by atoms with Crippen LogP contribution in [0, 0.1) is 0 Å². The fourth-order valence-electron chi connectivity index (χ4n) is 3.32. The molecular formula is C18H13Zr. The molecule has 2 aromatic rings. The van der Waals surface area contributed by atoms with E-state index in [2.05, 4.69) is 60.7 Å². The molecule has 2 aliphatic carbocycles. The maximum atomic E-state index is 2.30. The molecule has 0 aliphatic heterocycles. The fraction of sp³-hybridized carbons (Fsp3) is 0.111. The van der Waals surface area contributed by atoms with E-state index in [-0.39, 0.29) is 0 Å². The van der Waals surface area contributed by atoms with Gasteiger partial charge >= 0.3 is 129 Å². The number of allylic oxidation sites excluding steroid dienone is 4. The van der Waals surface area contributed by atoms with E-state index >= 15 is 0 Å². The number of hydrogen-bond acceptors (Lipinski definition) is 0. The van der Waals surface area contributed by atoms with Crippen LogP contribution >= 0.6 is 0 Å². The standard InChI is InChI=1S/C18H13.Zr/c1-2-8-13(7-1)18-16-11-5-3-9-14(16)15-10-4-6-12-17(15)18;/h1-7,9-11,18H,8H2;. The Morgan fingerprint density at radius 2 is 1.79 bits per heavy atom. The second-order valence-electron chi connectivity index (χ2n) is 5.16. The van der Waals surface area contributed by atoms with Crippen LogP contribution < -0.4 is 3.27 Å². The van der Waals surface area contributed by atoms with Crippen LogP contribution in [0.15, 0.2) is 66.3 Å². The van der Waals surface area contributed by atoms with Crippen molar-refractivity contribution in [3.63, 3.8) is 0 Å². The van der Waals surface area contributed by atoms with Gasteiger partial charge in [-0.25, -0.2) is 0 Å². The molecule has 4 rings (SSSR count). The second kappa shape index (κ2) is 4.42. The molecule has 0 saturated carbocycles. The summed E-state index contributed by atoms with van der Waals surface area (Å²) in [4.78, 5) is 0.